The van der Waals surface area contributed by atoms with Crippen LogP contribution >= 0.6 is 58.0 Å². The highest BCUT2D eigenvalue weighted by Gasteiger charge is 2.80. The van der Waals surface area contributed by atoms with Crippen molar-refractivity contribution in [3.63, 3.8) is 0 Å². The zero-order valence-corrected chi connectivity index (χ0v) is 21.8. The Kier molecular flexibility index (Phi) is 7.05. The van der Waals surface area contributed by atoms with Crippen LogP contribution in [0.4, 0.5) is 14.5 Å². The molecule has 186 valence electrons. The molecule has 2 unspecified atom stereocenters. The molecule has 3 N–H and O–H groups in total. The number of benzene rings is 3. The quantitative estimate of drug-likeness (QED) is 0.292. The van der Waals surface area contributed by atoms with Crippen LogP contribution in [0.15, 0.2) is 55.1 Å². The Balaban J connectivity index is 1.77. The first-order valence-electron chi connectivity index (χ1n) is 10.2. The first-order chi connectivity index (χ1) is 16.8. The number of carbonyl (C=O) groups is 2. The van der Waals surface area contributed by atoms with Gasteiger partial charge in [-0.1, -0.05) is 76.7 Å². The Morgan fingerprint density at radius 2 is 1.64 bits per heavy atom. The molecule has 0 spiro atoms. The zero-order valence-electron chi connectivity index (χ0n) is 18.0. The van der Waals surface area contributed by atoms with Crippen LogP contribution in [-0.4, -0.2) is 16.1 Å². The van der Waals surface area contributed by atoms with Crippen molar-refractivity contribution < 1.29 is 18.4 Å². The Hall–Kier alpha value is -2.35. The molecule has 0 radical (unpaired) electrons. The third-order valence-corrected chi connectivity index (χ3v) is 7.84. The molecule has 3 aromatic carbocycles. The van der Waals surface area contributed by atoms with Crippen LogP contribution in [-0.2, 0) is 10.2 Å². The van der Waals surface area contributed by atoms with Crippen LogP contribution < -0.4 is 11.1 Å². The Labute approximate surface area is 229 Å². The van der Waals surface area contributed by atoms with Gasteiger partial charge >= 0.3 is 0 Å². The fraction of sp³-hybridized carbons (Fsp3) is 0.120. The van der Waals surface area contributed by atoms with Crippen LogP contribution in [0, 0.1) is 11.6 Å². The first kappa shape index (κ1) is 26.7. The molecule has 1 aliphatic carbocycles. The van der Waals surface area contributed by atoms with Crippen molar-refractivity contribution in [1.82, 2.24) is 0 Å². The van der Waals surface area contributed by atoms with E-state index in [1.807, 2.05) is 0 Å². The summed E-state index contributed by atoms with van der Waals surface area (Å²) >= 11 is 31.8. The highest BCUT2D eigenvalue weighted by molar-refractivity contribution is 6.55. The second-order valence-electron chi connectivity index (χ2n) is 8.15. The van der Waals surface area contributed by atoms with Crippen molar-refractivity contribution >= 4 is 81.6 Å². The summed E-state index contributed by atoms with van der Waals surface area (Å²) in [6, 6.07) is 10.8. The topological polar surface area (TPSA) is 72.2 Å². The molecule has 1 fully saturated rings. The van der Waals surface area contributed by atoms with Crippen LogP contribution in [0.2, 0.25) is 15.1 Å². The van der Waals surface area contributed by atoms with Gasteiger partial charge in [0.2, 0.25) is 5.91 Å². The van der Waals surface area contributed by atoms with Crippen molar-refractivity contribution in [2.24, 2.45) is 5.73 Å². The van der Waals surface area contributed by atoms with E-state index in [1.165, 1.54) is 30.3 Å². The maximum Gasteiger partial charge on any atom is 0.257 e. The zero-order chi connectivity index (χ0) is 26.6. The number of primary amides is 1. The van der Waals surface area contributed by atoms with E-state index in [9.17, 15) is 18.4 Å². The monoisotopic (exact) mass is 588 g/mol. The molecule has 11 heteroatoms. The minimum absolute atomic E-state index is 0.0140. The second-order valence-corrected chi connectivity index (χ2v) is 10.8. The highest BCUT2D eigenvalue weighted by Crippen LogP contribution is 2.74. The smallest absolute Gasteiger partial charge is 0.257 e. The van der Waals surface area contributed by atoms with Gasteiger partial charge < -0.3 is 11.1 Å². The first-order valence-corrected chi connectivity index (χ1v) is 12.1. The molecular weight excluding hydrogens is 576 g/mol. The van der Waals surface area contributed by atoms with Crippen molar-refractivity contribution in [3.8, 4) is 0 Å². The van der Waals surface area contributed by atoms with E-state index in [0.717, 1.165) is 12.1 Å². The summed E-state index contributed by atoms with van der Waals surface area (Å²) in [4.78, 5) is 25.9. The van der Waals surface area contributed by atoms with E-state index in [2.05, 4.69) is 11.9 Å². The summed E-state index contributed by atoms with van der Waals surface area (Å²) < 4.78 is 26.0. The van der Waals surface area contributed by atoms with Gasteiger partial charge in [-0.3, -0.25) is 9.59 Å². The van der Waals surface area contributed by atoms with Gasteiger partial charge in [0.15, 0.2) is 11.6 Å². The predicted octanol–water partition coefficient (Wildman–Crippen LogP) is 7.51. The maximum absolute atomic E-state index is 13.9. The standard InChI is InChI=1S/C25H15Cl5F2N2O2/c1-2-11-7-16(10-19(31)20(11)32)34-22(35)17-8-13(3-4-18(17)28)24(23(33)36)21(25(24,29)30)12-5-14(26)9-15(27)6-12/h2-10,21H,1H2,(H2,33,36)(H,34,35). The molecule has 2 atom stereocenters. The number of anilines is 1. The van der Waals surface area contributed by atoms with Crippen molar-refractivity contribution in [3.05, 3.63) is 104 Å². The normalized spacial score (nSPS) is 20.0. The lowest BCUT2D eigenvalue weighted by atomic mass is 9.88. The van der Waals surface area contributed by atoms with E-state index >= 15 is 0 Å². The lowest BCUT2D eigenvalue weighted by Crippen LogP contribution is -2.34. The lowest BCUT2D eigenvalue weighted by molar-refractivity contribution is -0.120. The third-order valence-electron chi connectivity index (χ3n) is 6.05. The Morgan fingerprint density at radius 3 is 2.22 bits per heavy atom. The fourth-order valence-corrected chi connectivity index (χ4v) is 6.23. The SMILES string of the molecule is C=Cc1cc(NC(=O)c2cc(C3(C(N)=O)C(c4cc(Cl)cc(Cl)c4)C3(Cl)Cl)ccc2Cl)cc(F)c1F. The van der Waals surface area contributed by atoms with E-state index in [1.54, 1.807) is 12.1 Å². The van der Waals surface area contributed by atoms with Crippen LogP contribution in [0.3, 0.4) is 0 Å². The Morgan fingerprint density at radius 1 is 1.00 bits per heavy atom. The summed E-state index contributed by atoms with van der Waals surface area (Å²) in [5, 5.41) is 3.07. The van der Waals surface area contributed by atoms with Crippen molar-refractivity contribution in [2.45, 2.75) is 15.7 Å². The van der Waals surface area contributed by atoms with Gasteiger partial charge in [-0.05, 0) is 47.5 Å². The van der Waals surface area contributed by atoms with Gasteiger partial charge in [-0.2, -0.15) is 0 Å². The van der Waals surface area contributed by atoms with Gasteiger partial charge in [0.05, 0.1) is 10.6 Å². The molecular formula is C25H15Cl5F2N2O2. The molecule has 1 aliphatic rings. The lowest BCUT2D eigenvalue weighted by Gasteiger charge is -2.17. The number of halogens is 7. The fourth-order valence-electron chi connectivity index (χ4n) is 4.39. The van der Waals surface area contributed by atoms with Gasteiger partial charge in [0.1, 0.15) is 9.75 Å². The molecule has 0 heterocycles. The predicted molar refractivity (Wildman–Crippen MR) is 140 cm³/mol. The summed E-state index contributed by atoms with van der Waals surface area (Å²) in [7, 11) is 0. The number of hydrogen-bond acceptors (Lipinski definition) is 2. The van der Waals surface area contributed by atoms with Gasteiger partial charge in [-0.25, -0.2) is 8.78 Å². The summed E-state index contributed by atoms with van der Waals surface area (Å²) in [6.07, 6.45) is 1.11. The molecule has 0 bridgehead atoms. The van der Waals surface area contributed by atoms with Crippen LogP contribution in [0.5, 0.6) is 0 Å². The van der Waals surface area contributed by atoms with Crippen LogP contribution in [0.25, 0.3) is 6.08 Å². The van der Waals surface area contributed by atoms with Crippen LogP contribution in [0.1, 0.15) is 33.0 Å². The third kappa shape index (κ3) is 4.25. The van der Waals surface area contributed by atoms with Gasteiger partial charge in [0.25, 0.3) is 5.91 Å². The van der Waals surface area contributed by atoms with Gasteiger partial charge in [0, 0.05) is 33.3 Å². The van der Waals surface area contributed by atoms with E-state index in [0.29, 0.717) is 15.6 Å². The Bertz CT molecular complexity index is 1430. The number of nitrogens with two attached hydrogens (primary N) is 1. The second kappa shape index (κ2) is 9.51. The van der Waals surface area contributed by atoms with E-state index in [4.69, 9.17) is 63.7 Å². The van der Waals surface area contributed by atoms with E-state index < -0.39 is 39.1 Å². The number of nitrogens with one attached hydrogen (secondary N) is 1. The molecule has 0 saturated heterocycles. The molecule has 4 nitrogen and oxygen atoms in total. The number of amides is 2. The average molecular weight is 591 g/mol. The minimum atomic E-state index is -1.70. The van der Waals surface area contributed by atoms with E-state index in [-0.39, 0.29) is 27.4 Å². The molecule has 0 aliphatic heterocycles. The molecule has 36 heavy (non-hydrogen) atoms. The maximum atomic E-state index is 13.9. The molecule has 1 saturated carbocycles. The minimum Gasteiger partial charge on any atom is -0.369 e. The number of carbonyl (C=O) groups excluding carboxylic acids is 2. The average Bonchev–Trinajstić information content (AvgIpc) is 3.33. The molecule has 0 aromatic heterocycles. The number of alkyl halides is 2. The van der Waals surface area contributed by atoms with Crippen molar-refractivity contribution in [2.75, 3.05) is 5.32 Å². The molecule has 4 rings (SSSR count). The summed E-state index contributed by atoms with van der Waals surface area (Å²) in [5.74, 6) is -4.74. The molecule has 3 aromatic rings. The number of hydrogen-bond donors (Lipinski definition) is 2. The number of rotatable bonds is 6. The van der Waals surface area contributed by atoms with Gasteiger partial charge in [-0.15, -0.1) is 0 Å². The highest BCUT2D eigenvalue weighted by atomic mass is 35.5. The molecule has 2 amide bonds. The summed E-state index contributed by atoms with van der Waals surface area (Å²) in [6.45, 7) is 3.42. The van der Waals surface area contributed by atoms with Crippen molar-refractivity contribution in [1.29, 1.82) is 0 Å². The largest absolute Gasteiger partial charge is 0.369 e. The summed E-state index contributed by atoms with van der Waals surface area (Å²) in [5.41, 5.74) is 4.56.